The fourth-order valence-electron chi connectivity index (χ4n) is 3.71. The normalized spacial score (nSPS) is 10.7. The van der Waals surface area contributed by atoms with Crippen LogP contribution in [0.3, 0.4) is 0 Å². The van der Waals surface area contributed by atoms with Crippen LogP contribution in [-0.2, 0) is 12.8 Å². The van der Waals surface area contributed by atoms with E-state index >= 15 is 0 Å². The van der Waals surface area contributed by atoms with E-state index in [0.717, 1.165) is 20.9 Å². The smallest absolute Gasteiger partial charge is 0.274 e. The molecule has 0 saturated carbocycles. The molecule has 0 atom stereocenters. The molecule has 0 aromatic carbocycles. The lowest BCUT2D eigenvalue weighted by Gasteiger charge is -2.07. The number of rotatable bonds is 8. The number of anilines is 2. The number of pyridine rings is 1. The molecule has 3 aromatic rings. The standard InChI is InChI=1S/C23H25N5O4S2/c1-5-13-10(3)33-22(16(13)18(24)29)27-20(31)12-7-8-15(26-9-12)21(32)28-23-17(19(25)30)14(6-2)11(4)34-23/h7-9H,5-6H2,1-4H3,(H2,24,29)(H2,25,30)(H,27,31)(H,28,32). The number of nitrogens with one attached hydrogen (secondary N) is 2. The minimum Gasteiger partial charge on any atom is -0.365 e. The Hall–Kier alpha value is -3.57. The predicted octanol–water partition coefficient (Wildman–Crippen LogP) is 3.65. The van der Waals surface area contributed by atoms with Crippen molar-refractivity contribution in [2.75, 3.05) is 10.6 Å². The highest BCUT2D eigenvalue weighted by Crippen LogP contribution is 2.34. The Kier molecular flexibility index (Phi) is 7.48. The fourth-order valence-corrected chi connectivity index (χ4v) is 6.00. The lowest BCUT2D eigenvalue weighted by Crippen LogP contribution is -2.20. The lowest BCUT2D eigenvalue weighted by molar-refractivity contribution is 0.0989. The van der Waals surface area contributed by atoms with Crippen molar-refractivity contribution in [3.63, 3.8) is 0 Å². The number of hydrogen-bond donors (Lipinski definition) is 4. The number of aromatic nitrogens is 1. The second kappa shape index (κ2) is 10.1. The van der Waals surface area contributed by atoms with Crippen LogP contribution in [0, 0.1) is 13.8 Å². The fraction of sp³-hybridized carbons (Fsp3) is 0.261. The van der Waals surface area contributed by atoms with Crippen LogP contribution in [0.1, 0.15) is 76.3 Å². The zero-order valence-corrected chi connectivity index (χ0v) is 20.8. The van der Waals surface area contributed by atoms with Crippen molar-refractivity contribution in [3.8, 4) is 0 Å². The molecule has 0 aliphatic carbocycles. The summed E-state index contributed by atoms with van der Waals surface area (Å²) >= 11 is 2.55. The van der Waals surface area contributed by atoms with Gasteiger partial charge in [-0.2, -0.15) is 0 Å². The van der Waals surface area contributed by atoms with E-state index in [2.05, 4.69) is 15.6 Å². The first-order valence-electron chi connectivity index (χ1n) is 10.5. The van der Waals surface area contributed by atoms with Crippen LogP contribution in [-0.4, -0.2) is 28.6 Å². The molecule has 0 radical (unpaired) electrons. The zero-order valence-electron chi connectivity index (χ0n) is 19.2. The van der Waals surface area contributed by atoms with Gasteiger partial charge in [0.2, 0.25) is 0 Å². The van der Waals surface area contributed by atoms with Crippen molar-refractivity contribution in [2.45, 2.75) is 40.5 Å². The molecule has 4 amide bonds. The first-order chi connectivity index (χ1) is 16.1. The van der Waals surface area contributed by atoms with Crippen molar-refractivity contribution in [1.29, 1.82) is 0 Å². The molecule has 178 valence electrons. The number of aryl methyl sites for hydroxylation is 2. The molecular weight excluding hydrogens is 474 g/mol. The van der Waals surface area contributed by atoms with Gasteiger partial charge in [-0.05, 0) is 49.9 Å². The van der Waals surface area contributed by atoms with Crippen molar-refractivity contribution < 1.29 is 19.2 Å². The molecule has 3 heterocycles. The number of thiophene rings is 2. The molecule has 34 heavy (non-hydrogen) atoms. The largest absolute Gasteiger partial charge is 0.365 e. The molecule has 3 rings (SSSR count). The number of amides is 4. The third-order valence-corrected chi connectivity index (χ3v) is 7.46. The summed E-state index contributed by atoms with van der Waals surface area (Å²) in [5.41, 5.74) is 13.5. The summed E-state index contributed by atoms with van der Waals surface area (Å²) in [6.07, 6.45) is 2.49. The number of hydrogen-bond acceptors (Lipinski definition) is 7. The summed E-state index contributed by atoms with van der Waals surface area (Å²) in [5, 5.41) is 6.16. The van der Waals surface area contributed by atoms with E-state index in [4.69, 9.17) is 11.5 Å². The molecule has 6 N–H and O–H groups in total. The highest BCUT2D eigenvalue weighted by molar-refractivity contribution is 7.17. The number of carbonyl (C=O) groups is 4. The molecule has 0 fully saturated rings. The maximum absolute atomic E-state index is 12.7. The third kappa shape index (κ3) is 4.85. The van der Waals surface area contributed by atoms with Gasteiger partial charge in [-0.1, -0.05) is 13.8 Å². The van der Waals surface area contributed by atoms with Crippen molar-refractivity contribution in [2.24, 2.45) is 11.5 Å². The Labute approximate surface area is 204 Å². The minimum atomic E-state index is -0.609. The predicted molar refractivity (Wildman–Crippen MR) is 134 cm³/mol. The Morgan fingerprint density at radius 3 is 1.68 bits per heavy atom. The van der Waals surface area contributed by atoms with Crippen molar-refractivity contribution in [1.82, 2.24) is 4.98 Å². The quantitative estimate of drug-likeness (QED) is 0.372. The van der Waals surface area contributed by atoms with E-state index in [9.17, 15) is 19.2 Å². The highest BCUT2D eigenvalue weighted by atomic mass is 32.1. The molecule has 0 saturated heterocycles. The molecule has 0 aliphatic rings. The average Bonchev–Trinajstić information content (AvgIpc) is 3.28. The molecule has 0 unspecified atom stereocenters. The number of nitrogens with two attached hydrogens (primary N) is 2. The number of nitrogens with zero attached hydrogens (tertiary/aromatic N) is 1. The van der Waals surface area contributed by atoms with Crippen molar-refractivity contribution in [3.05, 3.63) is 61.6 Å². The summed E-state index contributed by atoms with van der Waals surface area (Å²) in [4.78, 5) is 55.1. The minimum absolute atomic E-state index is 0.0640. The first-order valence-corrected chi connectivity index (χ1v) is 12.1. The lowest BCUT2D eigenvalue weighted by atomic mass is 10.1. The second-order valence-electron chi connectivity index (χ2n) is 7.46. The van der Waals surface area contributed by atoms with Gasteiger partial charge >= 0.3 is 0 Å². The molecule has 9 nitrogen and oxygen atoms in total. The average molecular weight is 500 g/mol. The summed E-state index contributed by atoms with van der Waals surface area (Å²) < 4.78 is 0. The van der Waals surface area contributed by atoms with Gasteiger partial charge in [-0.3, -0.25) is 24.2 Å². The first kappa shape index (κ1) is 25.1. The van der Waals surface area contributed by atoms with Crippen LogP contribution in [0.5, 0.6) is 0 Å². The SMILES string of the molecule is CCc1c(C)sc(NC(=O)c2ccc(C(=O)Nc3sc(C)c(CC)c3C(N)=O)nc2)c1C(N)=O. The van der Waals surface area contributed by atoms with Crippen LogP contribution in [0.25, 0.3) is 0 Å². The van der Waals surface area contributed by atoms with Gasteiger partial charge in [0.25, 0.3) is 23.6 Å². The Balaban J connectivity index is 1.79. The van der Waals surface area contributed by atoms with E-state index < -0.39 is 23.6 Å². The van der Waals surface area contributed by atoms with Crippen LogP contribution in [0.4, 0.5) is 10.0 Å². The van der Waals surface area contributed by atoms with E-state index in [1.165, 1.54) is 41.0 Å². The second-order valence-corrected chi connectivity index (χ2v) is 9.91. The van der Waals surface area contributed by atoms with Crippen molar-refractivity contribution >= 4 is 56.3 Å². The van der Waals surface area contributed by atoms with Gasteiger partial charge in [0.1, 0.15) is 15.7 Å². The van der Waals surface area contributed by atoms with Crippen LogP contribution >= 0.6 is 22.7 Å². The maximum atomic E-state index is 12.7. The molecule has 11 heteroatoms. The maximum Gasteiger partial charge on any atom is 0.274 e. The summed E-state index contributed by atoms with van der Waals surface area (Å²) in [6.45, 7) is 7.54. The molecule has 0 bridgehead atoms. The van der Waals surface area contributed by atoms with Gasteiger partial charge in [0.15, 0.2) is 0 Å². The molecule has 0 spiro atoms. The number of carbonyl (C=O) groups excluding carboxylic acids is 4. The van der Waals surface area contributed by atoms with Crippen LogP contribution in [0.2, 0.25) is 0 Å². The van der Waals surface area contributed by atoms with Gasteiger partial charge in [-0.25, -0.2) is 0 Å². The highest BCUT2D eigenvalue weighted by Gasteiger charge is 2.23. The topological polar surface area (TPSA) is 157 Å². The summed E-state index contributed by atoms with van der Waals surface area (Å²) in [5.74, 6) is -2.23. The third-order valence-electron chi connectivity index (χ3n) is 5.33. The van der Waals surface area contributed by atoms with E-state index in [0.29, 0.717) is 34.0 Å². The number of primary amides is 2. The Bertz CT molecular complexity index is 1190. The Morgan fingerprint density at radius 1 is 0.824 bits per heavy atom. The monoisotopic (exact) mass is 499 g/mol. The molecular formula is C23H25N5O4S2. The Morgan fingerprint density at radius 2 is 1.29 bits per heavy atom. The van der Waals surface area contributed by atoms with Gasteiger partial charge in [0, 0.05) is 16.0 Å². The van der Waals surface area contributed by atoms with E-state index in [-0.39, 0.29) is 11.3 Å². The van der Waals surface area contributed by atoms with E-state index in [1.807, 2.05) is 27.7 Å². The van der Waals surface area contributed by atoms with Crippen LogP contribution < -0.4 is 22.1 Å². The van der Waals surface area contributed by atoms with Gasteiger partial charge in [-0.15, -0.1) is 22.7 Å². The van der Waals surface area contributed by atoms with Crippen LogP contribution in [0.15, 0.2) is 18.3 Å². The summed E-state index contributed by atoms with van der Waals surface area (Å²) in [6, 6.07) is 2.86. The van der Waals surface area contributed by atoms with E-state index in [1.54, 1.807) is 0 Å². The zero-order chi connectivity index (χ0) is 25.2. The van der Waals surface area contributed by atoms with Gasteiger partial charge < -0.3 is 22.1 Å². The molecule has 3 aromatic heterocycles. The summed E-state index contributed by atoms with van der Waals surface area (Å²) in [7, 11) is 0. The molecule has 0 aliphatic heterocycles. The van der Waals surface area contributed by atoms with Gasteiger partial charge in [0.05, 0.1) is 16.7 Å².